The number of hydrogen-bond acceptors (Lipinski definition) is 9. The topological polar surface area (TPSA) is 151 Å². The molecule has 11 heteroatoms. The highest BCUT2D eigenvalue weighted by atomic mass is 16.6. The van der Waals surface area contributed by atoms with Crippen molar-refractivity contribution >= 4 is 28.0 Å². The lowest BCUT2D eigenvalue weighted by Gasteiger charge is -2.42. The van der Waals surface area contributed by atoms with Crippen LogP contribution in [0.5, 0.6) is 0 Å². The largest absolute Gasteiger partial charge is 0.387 e. The number of nitrogens with zero attached hydrogens (tertiary/aromatic N) is 6. The summed E-state index contributed by atoms with van der Waals surface area (Å²) in [5.41, 5.74) is 10.4. The number of hydrogen-bond donors (Lipinski definition) is 4. The maximum absolute atomic E-state index is 10.7. The molecule has 1 aromatic carbocycles. The molecule has 0 radical (unpaired) electrons. The van der Waals surface area contributed by atoms with Gasteiger partial charge < -0.3 is 30.6 Å². The Kier molecular flexibility index (Phi) is 5.84. The second kappa shape index (κ2) is 9.26. The maximum Gasteiger partial charge on any atom is 0.167 e. The van der Waals surface area contributed by atoms with E-state index in [1.165, 1.54) is 31.1 Å². The number of rotatable bonds is 8. The Morgan fingerprint density at radius 3 is 2.82 bits per heavy atom. The fourth-order valence-corrected chi connectivity index (χ4v) is 6.10. The molecule has 3 aromatic heterocycles. The average molecular weight is 519 g/mol. The van der Waals surface area contributed by atoms with Gasteiger partial charge in [0.2, 0.25) is 0 Å². The molecule has 2 saturated carbocycles. The van der Waals surface area contributed by atoms with E-state index >= 15 is 0 Å². The summed E-state index contributed by atoms with van der Waals surface area (Å²) in [7, 11) is 2.06. The van der Waals surface area contributed by atoms with Crippen LogP contribution in [0.3, 0.4) is 0 Å². The number of imidazole rings is 2. The summed E-state index contributed by atoms with van der Waals surface area (Å²) >= 11 is 0. The number of fused-ring (bicyclic) bond motifs is 2. The van der Waals surface area contributed by atoms with Gasteiger partial charge in [-0.05, 0) is 68.7 Å². The zero-order chi connectivity index (χ0) is 26.0. The fraction of sp³-hybridized carbons (Fsp3) is 0.556. The molecular weight excluding hydrogens is 484 g/mol. The molecule has 0 amide bonds. The number of nitrogen functional groups attached to an aromatic ring is 1. The van der Waals surface area contributed by atoms with Crippen LogP contribution < -0.4 is 5.73 Å². The summed E-state index contributed by atoms with van der Waals surface area (Å²) in [5, 5.41) is 21.5. The lowest BCUT2D eigenvalue weighted by Crippen LogP contribution is -2.47. The Balaban J connectivity index is 0.920. The summed E-state index contributed by atoms with van der Waals surface area (Å²) in [5.74, 6) is 2.74. The number of ether oxygens (including phenoxy) is 1. The van der Waals surface area contributed by atoms with E-state index in [1.54, 1.807) is 4.57 Å². The van der Waals surface area contributed by atoms with Gasteiger partial charge in [-0.3, -0.25) is 4.57 Å². The zero-order valence-corrected chi connectivity index (χ0v) is 21.4. The second-order valence-corrected chi connectivity index (χ2v) is 11.3. The molecule has 2 aliphatic carbocycles. The first-order valence-electron chi connectivity index (χ1n) is 13.6. The third-order valence-electron chi connectivity index (χ3n) is 8.69. The Bertz CT molecular complexity index is 1460. The Labute approximate surface area is 220 Å². The highest BCUT2D eigenvalue weighted by Gasteiger charge is 2.45. The smallest absolute Gasteiger partial charge is 0.167 e. The first-order chi connectivity index (χ1) is 18.4. The van der Waals surface area contributed by atoms with Gasteiger partial charge in [0.25, 0.3) is 0 Å². The molecule has 11 nitrogen and oxygen atoms in total. The van der Waals surface area contributed by atoms with E-state index in [2.05, 4.69) is 50.1 Å². The molecule has 7 rings (SSSR count). The van der Waals surface area contributed by atoms with Gasteiger partial charge >= 0.3 is 0 Å². The summed E-state index contributed by atoms with van der Waals surface area (Å²) in [6.07, 6.45) is 6.36. The minimum Gasteiger partial charge on any atom is -0.387 e. The minimum absolute atomic E-state index is 0.264. The van der Waals surface area contributed by atoms with Crippen molar-refractivity contribution in [2.24, 2.45) is 5.92 Å². The monoisotopic (exact) mass is 518 g/mol. The van der Waals surface area contributed by atoms with Crippen LogP contribution in [0.15, 0.2) is 30.9 Å². The lowest BCUT2D eigenvalue weighted by molar-refractivity contribution is -0.0514. The highest BCUT2D eigenvalue weighted by molar-refractivity contribution is 5.81. The van der Waals surface area contributed by atoms with Crippen LogP contribution in [0.2, 0.25) is 0 Å². The summed E-state index contributed by atoms with van der Waals surface area (Å²) in [4.78, 5) is 23.0. The van der Waals surface area contributed by atoms with Crippen molar-refractivity contribution in [3.8, 4) is 0 Å². The van der Waals surface area contributed by atoms with Crippen LogP contribution in [-0.2, 0) is 11.2 Å². The SMILES string of the molecule is CN(C[C@H]1O[C@@H](n2cnc3c(N)ncnc32)[C@H](O)[C@@H]1O)[C@H]1C[C@H](CCc2nc3cc(C4CC4)ccc3[nH]2)C1. The van der Waals surface area contributed by atoms with Crippen molar-refractivity contribution in [1.82, 2.24) is 34.4 Å². The van der Waals surface area contributed by atoms with Gasteiger partial charge in [0.05, 0.1) is 17.4 Å². The molecule has 4 aromatic rings. The van der Waals surface area contributed by atoms with Crippen LogP contribution in [-0.4, -0.2) is 82.5 Å². The van der Waals surface area contributed by atoms with Crippen LogP contribution in [0.4, 0.5) is 5.82 Å². The van der Waals surface area contributed by atoms with Crippen molar-refractivity contribution in [3.05, 3.63) is 42.2 Å². The Morgan fingerprint density at radius 1 is 1.16 bits per heavy atom. The normalized spacial score (nSPS) is 29.5. The number of aryl methyl sites for hydroxylation is 1. The number of anilines is 1. The van der Waals surface area contributed by atoms with Gasteiger partial charge in [-0.1, -0.05) is 6.07 Å². The van der Waals surface area contributed by atoms with E-state index in [9.17, 15) is 10.2 Å². The molecule has 4 heterocycles. The van der Waals surface area contributed by atoms with E-state index in [0.717, 1.165) is 48.5 Å². The number of likely N-dealkylation sites (N-methyl/N-ethyl adjacent to an activating group) is 1. The summed E-state index contributed by atoms with van der Waals surface area (Å²) in [6, 6.07) is 7.10. The predicted molar refractivity (Wildman–Crippen MR) is 141 cm³/mol. The van der Waals surface area contributed by atoms with Crippen molar-refractivity contribution in [3.63, 3.8) is 0 Å². The molecular formula is C27H34N8O3. The number of nitrogens with two attached hydrogens (primary N) is 1. The third kappa shape index (κ3) is 4.23. The average Bonchev–Trinajstić information content (AvgIpc) is 3.42. The molecule has 200 valence electrons. The van der Waals surface area contributed by atoms with Crippen LogP contribution in [0, 0.1) is 5.92 Å². The van der Waals surface area contributed by atoms with Crippen molar-refractivity contribution in [2.75, 3.05) is 19.3 Å². The van der Waals surface area contributed by atoms with Crippen molar-refractivity contribution < 1.29 is 14.9 Å². The van der Waals surface area contributed by atoms with Gasteiger partial charge in [-0.15, -0.1) is 0 Å². The number of aromatic nitrogens is 6. The number of benzene rings is 1. The fourth-order valence-electron chi connectivity index (χ4n) is 6.10. The van der Waals surface area contributed by atoms with Crippen LogP contribution >= 0.6 is 0 Å². The van der Waals surface area contributed by atoms with Crippen LogP contribution in [0.25, 0.3) is 22.2 Å². The molecule has 1 saturated heterocycles. The summed E-state index contributed by atoms with van der Waals surface area (Å²) in [6.45, 7) is 0.531. The van der Waals surface area contributed by atoms with Gasteiger partial charge in [0.15, 0.2) is 17.7 Å². The molecule has 4 atom stereocenters. The Morgan fingerprint density at radius 2 is 2.00 bits per heavy atom. The first kappa shape index (κ1) is 24.0. The van der Waals surface area contributed by atoms with E-state index in [4.69, 9.17) is 15.5 Å². The van der Waals surface area contributed by atoms with Crippen molar-refractivity contribution in [2.45, 2.75) is 75.0 Å². The quantitative estimate of drug-likeness (QED) is 0.275. The van der Waals surface area contributed by atoms with Gasteiger partial charge in [-0.2, -0.15) is 0 Å². The highest BCUT2D eigenvalue weighted by Crippen LogP contribution is 2.41. The predicted octanol–water partition coefficient (Wildman–Crippen LogP) is 2.12. The van der Waals surface area contributed by atoms with Crippen molar-refractivity contribution in [1.29, 1.82) is 0 Å². The maximum atomic E-state index is 10.7. The summed E-state index contributed by atoms with van der Waals surface area (Å²) < 4.78 is 7.74. The number of H-pyrrole nitrogens is 1. The second-order valence-electron chi connectivity index (χ2n) is 11.3. The molecule has 0 unspecified atom stereocenters. The standard InChI is InChI=1S/C27H34N8O3/c1-34(11-20-23(36)24(37)27(38-20)35-13-31-22-25(28)29-12-30-26(22)35)17-8-14(9-17)2-7-21-32-18-6-5-16(15-3-4-15)10-19(18)33-21/h5-6,10,12-15,17,20,23-24,27,36-37H,2-4,7-9,11H2,1H3,(H,32,33)(H2,28,29,30)/t14-,17-,20-,23-,24-,27-/m1/s1. The Hall–Kier alpha value is -3.12. The van der Waals surface area contributed by atoms with E-state index in [0.29, 0.717) is 29.7 Å². The molecule has 1 aliphatic heterocycles. The van der Waals surface area contributed by atoms with E-state index in [1.807, 2.05) is 0 Å². The molecule has 5 N–H and O–H groups in total. The molecule has 3 fully saturated rings. The van der Waals surface area contributed by atoms with E-state index in [-0.39, 0.29) is 5.82 Å². The number of aliphatic hydroxyl groups excluding tert-OH is 2. The van der Waals surface area contributed by atoms with Gasteiger partial charge in [-0.25, -0.2) is 19.9 Å². The molecule has 0 bridgehead atoms. The lowest BCUT2D eigenvalue weighted by atomic mass is 9.76. The molecule has 38 heavy (non-hydrogen) atoms. The molecule has 3 aliphatic rings. The van der Waals surface area contributed by atoms with E-state index < -0.39 is 24.5 Å². The minimum atomic E-state index is -1.10. The van der Waals surface area contributed by atoms with Gasteiger partial charge in [0.1, 0.15) is 36.0 Å². The number of nitrogens with one attached hydrogen (secondary N) is 1. The zero-order valence-electron chi connectivity index (χ0n) is 21.4. The number of aliphatic hydroxyl groups is 2. The first-order valence-corrected chi connectivity index (χ1v) is 13.6. The third-order valence-corrected chi connectivity index (χ3v) is 8.69. The number of aromatic amines is 1. The van der Waals surface area contributed by atoms with Gasteiger partial charge in [0, 0.05) is 19.0 Å². The van der Waals surface area contributed by atoms with Crippen LogP contribution in [0.1, 0.15) is 55.6 Å². The molecule has 0 spiro atoms.